The van der Waals surface area contributed by atoms with Crippen LogP contribution in [0.4, 0.5) is 0 Å². The third-order valence-corrected chi connectivity index (χ3v) is 7.31. The van der Waals surface area contributed by atoms with Gasteiger partial charge in [0.2, 0.25) is 0 Å². The van der Waals surface area contributed by atoms with Gasteiger partial charge < -0.3 is 9.64 Å². The SMILES string of the molecule is CC(C)(C)OC(=O)CCN1CCC(CCC2CC23CCc2ccccc23)CC1. The van der Waals surface area contributed by atoms with Gasteiger partial charge >= 0.3 is 5.97 Å². The van der Waals surface area contributed by atoms with Crippen molar-refractivity contribution >= 4 is 5.97 Å². The molecule has 1 saturated heterocycles. The van der Waals surface area contributed by atoms with Crippen molar-refractivity contribution in [2.75, 3.05) is 19.6 Å². The summed E-state index contributed by atoms with van der Waals surface area (Å²) in [6.07, 6.45) is 10.0. The maximum absolute atomic E-state index is 11.9. The van der Waals surface area contributed by atoms with Crippen LogP contribution >= 0.6 is 0 Å². The summed E-state index contributed by atoms with van der Waals surface area (Å²) >= 11 is 0. The minimum absolute atomic E-state index is 0.0644. The first-order valence-electron chi connectivity index (χ1n) is 11.4. The highest BCUT2D eigenvalue weighted by Gasteiger charge is 2.57. The number of carbonyl (C=O) groups is 1. The number of fused-ring (bicyclic) bond motifs is 2. The fourth-order valence-corrected chi connectivity index (χ4v) is 5.69. The lowest BCUT2D eigenvalue weighted by molar-refractivity contribution is -0.155. The summed E-state index contributed by atoms with van der Waals surface area (Å²) in [5, 5.41) is 0. The Morgan fingerprint density at radius 3 is 2.68 bits per heavy atom. The molecule has 28 heavy (non-hydrogen) atoms. The van der Waals surface area contributed by atoms with Gasteiger partial charge in [-0.2, -0.15) is 0 Å². The number of ether oxygens (including phenoxy) is 1. The molecule has 3 nitrogen and oxygen atoms in total. The zero-order valence-corrected chi connectivity index (χ0v) is 18.0. The molecule has 2 aliphatic carbocycles. The summed E-state index contributed by atoms with van der Waals surface area (Å²) in [6.45, 7) is 8.95. The fourth-order valence-electron chi connectivity index (χ4n) is 5.69. The molecule has 2 atom stereocenters. The Hall–Kier alpha value is -1.35. The second-order valence-corrected chi connectivity index (χ2v) is 10.4. The number of hydrogen-bond donors (Lipinski definition) is 0. The number of benzene rings is 1. The maximum Gasteiger partial charge on any atom is 0.307 e. The predicted molar refractivity (Wildman–Crippen MR) is 113 cm³/mol. The number of nitrogens with zero attached hydrogens (tertiary/aromatic N) is 1. The Bertz CT molecular complexity index is 699. The number of piperidine rings is 1. The molecule has 3 heteroatoms. The molecule has 1 spiro atoms. The van der Waals surface area contributed by atoms with E-state index in [1.807, 2.05) is 20.8 Å². The van der Waals surface area contributed by atoms with Gasteiger partial charge in [-0.3, -0.25) is 4.79 Å². The summed E-state index contributed by atoms with van der Waals surface area (Å²) in [5.74, 6) is 1.75. The monoisotopic (exact) mass is 383 g/mol. The van der Waals surface area contributed by atoms with E-state index in [-0.39, 0.29) is 11.6 Å². The largest absolute Gasteiger partial charge is 0.460 e. The van der Waals surface area contributed by atoms with Gasteiger partial charge in [-0.25, -0.2) is 0 Å². The second-order valence-electron chi connectivity index (χ2n) is 10.4. The summed E-state index contributed by atoms with van der Waals surface area (Å²) in [4.78, 5) is 14.4. The molecule has 0 radical (unpaired) electrons. The zero-order valence-electron chi connectivity index (χ0n) is 18.0. The van der Waals surface area contributed by atoms with Gasteiger partial charge in [-0.05, 0) is 101 Å². The molecule has 154 valence electrons. The molecule has 4 rings (SSSR count). The second kappa shape index (κ2) is 7.82. The number of carbonyl (C=O) groups excluding carboxylic acids is 1. The number of esters is 1. The van der Waals surface area contributed by atoms with E-state index in [1.54, 1.807) is 11.1 Å². The highest BCUT2D eigenvalue weighted by Crippen LogP contribution is 2.63. The van der Waals surface area contributed by atoms with Crippen LogP contribution in [0.3, 0.4) is 0 Å². The van der Waals surface area contributed by atoms with Gasteiger partial charge in [-0.15, -0.1) is 0 Å². The molecular formula is C25H37NO2. The first kappa shape index (κ1) is 19.9. The topological polar surface area (TPSA) is 29.5 Å². The standard InChI is InChI=1S/C25H37NO2/c1-24(2,3)28-23(27)13-17-26-15-11-19(12-16-26)8-9-21-18-25(21)14-10-20-6-4-5-7-22(20)25/h4-7,19,21H,8-18H2,1-3H3. The Labute approximate surface area is 170 Å². The average molecular weight is 384 g/mol. The average Bonchev–Trinajstić information content (AvgIpc) is 3.24. The molecule has 2 unspecified atom stereocenters. The Morgan fingerprint density at radius 2 is 1.93 bits per heavy atom. The van der Waals surface area contributed by atoms with Gasteiger partial charge in [0.25, 0.3) is 0 Å². The van der Waals surface area contributed by atoms with Crippen LogP contribution in [0.2, 0.25) is 0 Å². The minimum Gasteiger partial charge on any atom is -0.460 e. The lowest BCUT2D eigenvalue weighted by Gasteiger charge is -2.32. The summed E-state index contributed by atoms with van der Waals surface area (Å²) < 4.78 is 5.43. The molecule has 1 aromatic rings. The smallest absolute Gasteiger partial charge is 0.307 e. The molecule has 2 fully saturated rings. The molecule has 1 aromatic carbocycles. The number of hydrogen-bond acceptors (Lipinski definition) is 3. The highest BCUT2D eigenvalue weighted by atomic mass is 16.6. The number of rotatable bonds is 6. The normalized spacial score (nSPS) is 27.8. The third-order valence-electron chi connectivity index (χ3n) is 7.31. The molecular weight excluding hydrogens is 346 g/mol. The Balaban J connectivity index is 1.15. The Morgan fingerprint density at radius 1 is 1.18 bits per heavy atom. The van der Waals surface area contributed by atoms with Crippen LogP contribution in [0.1, 0.15) is 76.8 Å². The minimum atomic E-state index is -0.371. The first-order chi connectivity index (χ1) is 13.4. The van der Waals surface area contributed by atoms with E-state index >= 15 is 0 Å². The fraction of sp³-hybridized carbons (Fsp3) is 0.720. The van der Waals surface area contributed by atoms with Crippen LogP contribution in [-0.4, -0.2) is 36.1 Å². The lowest BCUT2D eigenvalue weighted by Crippen LogP contribution is -2.36. The van der Waals surface area contributed by atoms with E-state index in [4.69, 9.17) is 4.74 Å². The molecule has 0 aromatic heterocycles. The van der Waals surface area contributed by atoms with E-state index in [9.17, 15) is 4.79 Å². The lowest BCUT2D eigenvalue weighted by atomic mass is 9.88. The van der Waals surface area contributed by atoms with Crippen molar-refractivity contribution in [3.63, 3.8) is 0 Å². The van der Waals surface area contributed by atoms with Crippen LogP contribution in [-0.2, 0) is 21.4 Å². The van der Waals surface area contributed by atoms with Crippen molar-refractivity contribution in [3.05, 3.63) is 35.4 Å². The van der Waals surface area contributed by atoms with E-state index < -0.39 is 0 Å². The van der Waals surface area contributed by atoms with Crippen LogP contribution < -0.4 is 0 Å². The maximum atomic E-state index is 11.9. The quantitative estimate of drug-likeness (QED) is 0.639. The Kier molecular flexibility index (Phi) is 5.57. The van der Waals surface area contributed by atoms with Crippen molar-refractivity contribution in [1.29, 1.82) is 0 Å². The predicted octanol–water partition coefficient (Wildman–Crippen LogP) is 5.11. The molecule has 1 saturated carbocycles. The van der Waals surface area contributed by atoms with Gasteiger partial charge in [0.1, 0.15) is 5.60 Å². The summed E-state index contributed by atoms with van der Waals surface area (Å²) in [6, 6.07) is 9.16. The molecule has 0 N–H and O–H groups in total. The van der Waals surface area contributed by atoms with Crippen LogP contribution in [0, 0.1) is 11.8 Å². The third kappa shape index (κ3) is 4.45. The van der Waals surface area contributed by atoms with E-state index in [2.05, 4.69) is 29.2 Å². The summed E-state index contributed by atoms with van der Waals surface area (Å²) in [7, 11) is 0. The number of likely N-dealkylation sites (tertiary alicyclic amines) is 1. The molecule has 1 aliphatic heterocycles. The molecule has 0 amide bonds. The van der Waals surface area contributed by atoms with Gasteiger partial charge in [-0.1, -0.05) is 30.7 Å². The highest BCUT2D eigenvalue weighted by molar-refractivity contribution is 5.70. The van der Waals surface area contributed by atoms with Crippen LogP contribution in [0.25, 0.3) is 0 Å². The van der Waals surface area contributed by atoms with Crippen molar-refractivity contribution in [3.8, 4) is 0 Å². The van der Waals surface area contributed by atoms with Crippen molar-refractivity contribution < 1.29 is 9.53 Å². The van der Waals surface area contributed by atoms with E-state index in [0.717, 1.165) is 31.5 Å². The van der Waals surface area contributed by atoms with E-state index in [1.165, 1.54) is 44.9 Å². The van der Waals surface area contributed by atoms with Gasteiger partial charge in [0.15, 0.2) is 0 Å². The summed E-state index contributed by atoms with van der Waals surface area (Å²) in [5.41, 5.74) is 3.48. The molecule has 0 bridgehead atoms. The van der Waals surface area contributed by atoms with Crippen molar-refractivity contribution in [1.82, 2.24) is 4.90 Å². The van der Waals surface area contributed by atoms with Crippen molar-refractivity contribution in [2.24, 2.45) is 11.8 Å². The molecule has 1 heterocycles. The van der Waals surface area contributed by atoms with Crippen LogP contribution in [0.5, 0.6) is 0 Å². The first-order valence-corrected chi connectivity index (χ1v) is 11.4. The van der Waals surface area contributed by atoms with Gasteiger partial charge in [0.05, 0.1) is 6.42 Å². The van der Waals surface area contributed by atoms with Crippen molar-refractivity contribution in [2.45, 2.75) is 83.2 Å². The molecule has 3 aliphatic rings. The van der Waals surface area contributed by atoms with Gasteiger partial charge in [0, 0.05) is 6.54 Å². The van der Waals surface area contributed by atoms with Crippen LogP contribution in [0.15, 0.2) is 24.3 Å². The number of aryl methyl sites for hydroxylation is 1. The zero-order chi connectivity index (χ0) is 19.8. The van der Waals surface area contributed by atoms with E-state index in [0.29, 0.717) is 11.8 Å².